The van der Waals surface area contributed by atoms with Crippen LogP contribution in [0, 0.1) is 0 Å². The van der Waals surface area contributed by atoms with Crippen LogP contribution in [0.1, 0.15) is 47.7 Å². The molecule has 2 amide bonds. The highest BCUT2D eigenvalue weighted by molar-refractivity contribution is 5.94. The van der Waals surface area contributed by atoms with Crippen molar-refractivity contribution < 1.29 is 14.7 Å². The van der Waals surface area contributed by atoms with Gasteiger partial charge in [-0.3, -0.25) is 14.6 Å². The number of hydrogen-bond acceptors (Lipinski definition) is 4. The number of amides is 2. The monoisotopic (exact) mass is 393 g/mol. The topological polar surface area (TPSA) is 82.5 Å². The Hall–Kier alpha value is -2.99. The number of nitrogens with zero attached hydrogens (tertiary/aromatic N) is 2. The van der Waals surface area contributed by atoms with Crippen molar-refractivity contribution in [2.75, 3.05) is 13.2 Å². The molecule has 2 heterocycles. The predicted molar refractivity (Wildman–Crippen MR) is 112 cm³/mol. The van der Waals surface area contributed by atoms with Gasteiger partial charge >= 0.3 is 0 Å². The quantitative estimate of drug-likeness (QED) is 0.758. The van der Waals surface area contributed by atoms with Gasteiger partial charge in [-0.2, -0.15) is 0 Å². The van der Waals surface area contributed by atoms with Crippen molar-refractivity contribution in [3.63, 3.8) is 0 Å². The van der Waals surface area contributed by atoms with Crippen molar-refractivity contribution in [2.45, 2.75) is 38.3 Å². The summed E-state index contributed by atoms with van der Waals surface area (Å²) in [6, 6.07) is 11.0. The first-order chi connectivity index (χ1) is 14.1. The van der Waals surface area contributed by atoms with E-state index < -0.39 is 0 Å². The fourth-order valence-electron chi connectivity index (χ4n) is 3.99. The maximum atomic E-state index is 12.5. The second-order valence-electron chi connectivity index (χ2n) is 7.11. The molecule has 0 unspecified atom stereocenters. The van der Waals surface area contributed by atoms with Crippen molar-refractivity contribution in [3.8, 4) is 0 Å². The zero-order valence-electron chi connectivity index (χ0n) is 16.8. The minimum atomic E-state index is -0.280. The van der Waals surface area contributed by atoms with Gasteiger partial charge in [-0.05, 0) is 30.2 Å². The van der Waals surface area contributed by atoms with Crippen molar-refractivity contribution in [3.05, 3.63) is 71.6 Å². The van der Waals surface area contributed by atoms with Crippen LogP contribution in [0.5, 0.6) is 0 Å². The molecule has 1 aromatic heterocycles. The van der Waals surface area contributed by atoms with Gasteiger partial charge in [0.05, 0.1) is 18.7 Å². The van der Waals surface area contributed by atoms with Gasteiger partial charge in [0.2, 0.25) is 5.91 Å². The Morgan fingerprint density at radius 2 is 1.83 bits per heavy atom. The zero-order valence-corrected chi connectivity index (χ0v) is 16.8. The number of aromatic nitrogens is 1. The third-order valence-electron chi connectivity index (χ3n) is 5.42. The Labute approximate surface area is 171 Å². The predicted octanol–water partition coefficient (Wildman–Crippen LogP) is 2.61. The lowest BCUT2D eigenvalue weighted by Gasteiger charge is -2.55. The van der Waals surface area contributed by atoms with Crippen molar-refractivity contribution in [2.24, 2.45) is 0 Å². The fourth-order valence-corrected chi connectivity index (χ4v) is 3.99. The molecule has 2 aromatic rings. The first kappa shape index (κ1) is 20.7. The molecule has 0 aliphatic carbocycles. The summed E-state index contributed by atoms with van der Waals surface area (Å²) in [5, 5.41) is 12.9. The molecule has 1 fully saturated rings. The lowest BCUT2D eigenvalue weighted by atomic mass is 9.74. The minimum absolute atomic E-state index is 0.0194. The number of nitrogens with one attached hydrogen (secondary N) is 1. The van der Waals surface area contributed by atoms with Crippen LogP contribution in [0.4, 0.5) is 0 Å². The third-order valence-corrected chi connectivity index (χ3v) is 5.42. The standard InChI is InChI=1S/C23H27N3O3/c1-3-5-16-6-8-17(9-7-16)22-19(26(20(22)15-27)21(28)4-2)14-25-23(29)18-10-12-24-13-11-18/h3,5-13,19-20,22,27H,4,14-15H2,1-2H3,(H,25,29)/t19-,20+,22+/m1/s1. The second kappa shape index (κ2) is 9.47. The summed E-state index contributed by atoms with van der Waals surface area (Å²) < 4.78 is 0. The molecule has 1 saturated heterocycles. The fraction of sp³-hybridized carbons (Fsp3) is 0.348. The van der Waals surface area contributed by atoms with E-state index in [0.29, 0.717) is 18.5 Å². The van der Waals surface area contributed by atoms with Crippen molar-refractivity contribution >= 4 is 17.9 Å². The number of rotatable bonds is 7. The summed E-state index contributed by atoms with van der Waals surface area (Å²) in [7, 11) is 0. The van der Waals surface area contributed by atoms with Crippen LogP contribution in [0.2, 0.25) is 0 Å². The summed E-state index contributed by atoms with van der Waals surface area (Å²) in [6.07, 6.45) is 7.50. The summed E-state index contributed by atoms with van der Waals surface area (Å²) in [5.41, 5.74) is 2.68. The van der Waals surface area contributed by atoms with Gasteiger partial charge in [-0.1, -0.05) is 43.3 Å². The molecule has 0 saturated carbocycles. The smallest absolute Gasteiger partial charge is 0.251 e. The number of carbonyl (C=O) groups is 2. The lowest BCUT2D eigenvalue weighted by Crippen LogP contribution is -2.68. The lowest BCUT2D eigenvalue weighted by molar-refractivity contribution is -0.149. The molecule has 0 spiro atoms. The van der Waals surface area contributed by atoms with Crippen LogP contribution in [0.3, 0.4) is 0 Å². The average molecular weight is 393 g/mol. The molecule has 0 bridgehead atoms. The van der Waals surface area contributed by atoms with Crippen LogP contribution in [0.25, 0.3) is 6.08 Å². The van der Waals surface area contributed by atoms with Gasteiger partial charge in [0.15, 0.2) is 0 Å². The normalized spacial score (nSPS) is 21.1. The Balaban J connectivity index is 1.80. The van der Waals surface area contributed by atoms with Crippen LogP contribution < -0.4 is 5.32 Å². The van der Waals surface area contributed by atoms with E-state index in [1.54, 1.807) is 29.4 Å². The maximum absolute atomic E-state index is 12.5. The molecule has 29 heavy (non-hydrogen) atoms. The van der Waals surface area contributed by atoms with Crippen LogP contribution in [0.15, 0.2) is 54.9 Å². The molecular formula is C23H27N3O3. The van der Waals surface area contributed by atoms with E-state index in [0.717, 1.165) is 11.1 Å². The van der Waals surface area contributed by atoms with Gasteiger partial charge in [0.25, 0.3) is 5.91 Å². The second-order valence-corrected chi connectivity index (χ2v) is 7.11. The number of benzene rings is 1. The Morgan fingerprint density at radius 3 is 2.41 bits per heavy atom. The summed E-state index contributed by atoms with van der Waals surface area (Å²) in [4.78, 5) is 30.6. The Morgan fingerprint density at radius 1 is 1.14 bits per heavy atom. The van der Waals surface area contributed by atoms with Gasteiger partial charge in [-0.25, -0.2) is 0 Å². The van der Waals surface area contributed by atoms with Crippen LogP contribution >= 0.6 is 0 Å². The molecule has 6 nitrogen and oxygen atoms in total. The summed E-state index contributed by atoms with van der Waals surface area (Å²) in [6.45, 7) is 3.99. The molecule has 0 radical (unpaired) electrons. The summed E-state index contributed by atoms with van der Waals surface area (Å²) >= 11 is 0. The van der Waals surface area contributed by atoms with Gasteiger partial charge < -0.3 is 15.3 Å². The highest BCUT2D eigenvalue weighted by atomic mass is 16.3. The van der Waals surface area contributed by atoms with E-state index in [1.165, 1.54) is 0 Å². The highest BCUT2D eigenvalue weighted by Gasteiger charge is 2.50. The number of pyridine rings is 1. The SMILES string of the molecule is CC=Cc1ccc([C@H]2[C@@H](CNC(=O)c3ccncc3)N(C(=O)CC)[C@H]2CO)cc1. The molecule has 2 N–H and O–H groups in total. The minimum Gasteiger partial charge on any atom is -0.394 e. The molecule has 3 atom stereocenters. The van der Waals surface area contributed by atoms with E-state index in [-0.39, 0.29) is 36.4 Å². The largest absolute Gasteiger partial charge is 0.394 e. The maximum Gasteiger partial charge on any atom is 0.251 e. The Bertz CT molecular complexity index is 865. The van der Waals surface area contributed by atoms with E-state index >= 15 is 0 Å². The summed E-state index contributed by atoms with van der Waals surface area (Å²) in [5.74, 6) is -0.257. The number of aliphatic hydroxyl groups is 1. The molecule has 1 aliphatic rings. The van der Waals surface area contributed by atoms with Gasteiger partial charge in [0.1, 0.15) is 0 Å². The third kappa shape index (κ3) is 4.38. The first-order valence-electron chi connectivity index (χ1n) is 9.93. The number of aliphatic hydroxyl groups excluding tert-OH is 1. The number of hydrogen-bond donors (Lipinski definition) is 2. The van der Waals surface area contributed by atoms with E-state index in [2.05, 4.69) is 10.3 Å². The van der Waals surface area contributed by atoms with E-state index in [9.17, 15) is 14.7 Å². The molecule has 152 valence electrons. The number of likely N-dealkylation sites (tertiary alicyclic amines) is 1. The highest BCUT2D eigenvalue weighted by Crippen LogP contribution is 2.41. The van der Waals surface area contributed by atoms with Gasteiger partial charge in [-0.15, -0.1) is 0 Å². The van der Waals surface area contributed by atoms with Crippen LogP contribution in [-0.2, 0) is 4.79 Å². The molecular weight excluding hydrogens is 366 g/mol. The van der Waals surface area contributed by atoms with E-state index in [1.807, 2.05) is 50.3 Å². The van der Waals surface area contributed by atoms with E-state index in [4.69, 9.17) is 0 Å². The average Bonchev–Trinajstić information content (AvgIpc) is 2.75. The molecule has 1 aromatic carbocycles. The Kier molecular flexibility index (Phi) is 6.77. The number of allylic oxidation sites excluding steroid dienone is 1. The first-order valence-corrected chi connectivity index (χ1v) is 9.93. The zero-order chi connectivity index (χ0) is 20.8. The number of carbonyl (C=O) groups excluding carboxylic acids is 2. The molecule has 6 heteroatoms. The van der Waals surface area contributed by atoms with Crippen LogP contribution in [-0.4, -0.2) is 52.0 Å². The molecule has 3 rings (SSSR count). The van der Waals surface area contributed by atoms with Crippen molar-refractivity contribution in [1.29, 1.82) is 0 Å². The van der Waals surface area contributed by atoms with Gasteiger partial charge in [0, 0.05) is 36.8 Å². The van der Waals surface area contributed by atoms with Crippen molar-refractivity contribution in [1.82, 2.24) is 15.2 Å². The molecule has 1 aliphatic heterocycles.